The second-order valence-electron chi connectivity index (χ2n) is 7.59. The Morgan fingerprint density at radius 1 is 1.39 bits per heavy atom. The normalized spacial score (nSPS) is 26.2. The molecule has 2 atom stereocenters. The molecule has 2 aromatic heterocycles. The molecule has 2 aromatic rings. The molecule has 144 valence electrons. The van der Waals surface area contributed by atoms with E-state index in [1.54, 1.807) is 12.2 Å². The van der Waals surface area contributed by atoms with Gasteiger partial charge in [-0.2, -0.15) is 0 Å². The largest absolute Gasteiger partial charge is 0.374 e. The summed E-state index contributed by atoms with van der Waals surface area (Å²) in [5.41, 5.74) is 5.03. The molecule has 6 heteroatoms. The van der Waals surface area contributed by atoms with Gasteiger partial charge in [0.05, 0.1) is 22.6 Å². The van der Waals surface area contributed by atoms with Crippen LogP contribution in [0.25, 0.3) is 16.6 Å². The molecule has 0 bridgehead atoms. The Balaban J connectivity index is 1.56. The molecule has 0 saturated carbocycles. The molecular weight excluding hydrogens is 353 g/mol. The highest BCUT2D eigenvalue weighted by molar-refractivity contribution is 5.91. The van der Waals surface area contributed by atoms with Crippen LogP contribution in [0.15, 0.2) is 53.5 Å². The van der Waals surface area contributed by atoms with Crippen molar-refractivity contribution >= 4 is 22.4 Å². The first kappa shape index (κ1) is 17.4. The van der Waals surface area contributed by atoms with Gasteiger partial charge in [-0.05, 0) is 42.7 Å². The smallest absolute Gasteiger partial charge is 0.120 e. The predicted molar refractivity (Wildman–Crippen MR) is 111 cm³/mol. The summed E-state index contributed by atoms with van der Waals surface area (Å²) in [4.78, 5) is 12.9. The monoisotopic (exact) mass is 377 g/mol. The van der Waals surface area contributed by atoms with Crippen LogP contribution in [0.5, 0.6) is 0 Å². The van der Waals surface area contributed by atoms with Crippen molar-refractivity contribution in [3.8, 4) is 0 Å². The summed E-state index contributed by atoms with van der Waals surface area (Å²) in [6, 6.07) is 3.96. The van der Waals surface area contributed by atoms with Gasteiger partial charge in [0.15, 0.2) is 0 Å². The molecule has 4 heterocycles. The number of pyridine rings is 1. The molecule has 28 heavy (non-hydrogen) atoms. The quantitative estimate of drug-likeness (QED) is 0.711. The van der Waals surface area contributed by atoms with Crippen LogP contribution < -0.4 is 10.6 Å². The molecular formula is C22H24FN5. The van der Waals surface area contributed by atoms with Crippen molar-refractivity contribution in [1.29, 1.82) is 0 Å². The van der Waals surface area contributed by atoms with E-state index in [9.17, 15) is 4.39 Å². The number of H-pyrrole nitrogens is 1. The lowest BCUT2D eigenvalue weighted by Gasteiger charge is -2.15. The Hall–Kier alpha value is -2.73. The van der Waals surface area contributed by atoms with Crippen molar-refractivity contribution in [3.63, 3.8) is 0 Å². The third-order valence-electron chi connectivity index (χ3n) is 5.73. The van der Waals surface area contributed by atoms with E-state index in [1.807, 2.05) is 24.4 Å². The topological polar surface area (TPSA) is 75.0 Å². The Bertz CT molecular complexity index is 1040. The molecule has 5 nitrogen and oxygen atoms in total. The van der Waals surface area contributed by atoms with Gasteiger partial charge in [-0.1, -0.05) is 19.1 Å². The summed E-state index contributed by atoms with van der Waals surface area (Å²) in [5.74, 6) is 0.865. The molecule has 2 unspecified atom stereocenters. The number of fused-ring (bicyclic) bond motifs is 2. The lowest BCUT2D eigenvalue weighted by Crippen LogP contribution is -2.23. The highest BCUT2D eigenvalue weighted by Gasteiger charge is 2.56. The number of nitrogens with zero attached hydrogens (tertiary/aromatic N) is 2. The van der Waals surface area contributed by atoms with Crippen LogP contribution >= 0.6 is 0 Å². The van der Waals surface area contributed by atoms with Crippen molar-refractivity contribution < 1.29 is 4.39 Å². The van der Waals surface area contributed by atoms with Crippen molar-refractivity contribution in [2.45, 2.75) is 37.8 Å². The van der Waals surface area contributed by atoms with E-state index >= 15 is 0 Å². The second kappa shape index (κ2) is 6.71. The summed E-state index contributed by atoms with van der Waals surface area (Å²) in [5, 5.41) is 6.89. The highest BCUT2D eigenvalue weighted by Crippen LogP contribution is 2.49. The fourth-order valence-electron chi connectivity index (χ4n) is 4.26. The first-order valence-corrected chi connectivity index (χ1v) is 9.99. The minimum Gasteiger partial charge on any atom is -0.374 e. The van der Waals surface area contributed by atoms with Crippen LogP contribution in [0.2, 0.25) is 0 Å². The van der Waals surface area contributed by atoms with Gasteiger partial charge in [0.25, 0.3) is 0 Å². The summed E-state index contributed by atoms with van der Waals surface area (Å²) in [7, 11) is 0. The lowest BCUT2D eigenvalue weighted by molar-refractivity contribution is 0.650. The van der Waals surface area contributed by atoms with Crippen LogP contribution in [-0.2, 0) is 5.54 Å². The van der Waals surface area contributed by atoms with Gasteiger partial charge in [-0.3, -0.25) is 15.3 Å². The van der Waals surface area contributed by atoms with Gasteiger partial charge >= 0.3 is 0 Å². The molecule has 3 N–H and O–H groups in total. The minimum atomic E-state index is -0.380. The summed E-state index contributed by atoms with van der Waals surface area (Å²) < 4.78 is 13.7. The van der Waals surface area contributed by atoms with Crippen LogP contribution in [0.4, 0.5) is 4.39 Å². The molecule has 2 aliphatic heterocycles. The second-order valence-corrected chi connectivity index (χ2v) is 7.59. The van der Waals surface area contributed by atoms with Crippen LogP contribution in [0, 0.1) is 0 Å². The Morgan fingerprint density at radius 3 is 3.18 bits per heavy atom. The standard InChI is InChI=1S/C22H24FN5/c1-2-10-24-18-6-5-14(8-12-25-18)20-19(21-16(27-20)4-3-11-26-21)22-9-7-15(23)13-17(22)28-22/h3-5,7,9,11,13,17,27-28H,2,6,8,10,12H2,1H3,(H,24,25). The van der Waals surface area contributed by atoms with Crippen molar-refractivity contribution in [1.82, 2.24) is 20.6 Å². The van der Waals surface area contributed by atoms with Gasteiger partial charge in [-0.15, -0.1) is 0 Å². The van der Waals surface area contributed by atoms with E-state index in [0.29, 0.717) is 0 Å². The molecule has 3 aliphatic rings. The number of hydrogen-bond donors (Lipinski definition) is 3. The first-order valence-electron chi connectivity index (χ1n) is 9.99. The number of rotatable bonds is 4. The molecule has 1 fully saturated rings. The fourth-order valence-corrected chi connectivity index (χ4v) is 4.26. The third kappa shape index (κ3) is 2.79. The van der Waals surface area contributed by atoms with Gasteiger partial charge in [0, 0.05) is 37.0 Å². The van der Waals surface area contributed by atoms with Gasteiger partial charge in [0.1, 0.15) is 11.7 Å². The Morgan fingerprint density at radius 2 is 2.32 bits per heavy atom. The summed E-state index contributed by atoms with van der Waals surface area (Å²) in [6.45, 7) is 3.86. The molecule has 5 rings (SSSR count). The summed E-state index contributed by atoms with van der Waals surface area (Å²) in [6.07, 6.45) is 12.0. The Labute approximate surface area is 163 Å². The molecule has 0 aromatic carbocycles. The van der Waals surface area contributed by atoms with E-state index < -0.39 is 0 Å². The van der Waals surface area contributed by atoms with Crippen LogP contribution in [0.3, 0.4) is 0 Å². The number of aliphatic imine (C=N–C) groups is 1. The average Bonchev–Trinajstić information content (AvgIpc) is 3.36. The molecule has 0 spiro atoms. The maximum Gasteiger partial charge on any atom is 0.120 e. The van der Waals surface area contributed by atoms with Gasteiger partial charge < -0.3 is 10.3 Å². The number of aromatic nitrogens is 2. The van der Waals surface area contributed by atoms with Gasteiger partial charge in [0.2, 0.25) is 0 Å². The zero-order chi connectivity index (χ0) is 19.1. The zero-order valence-electron chi connectivity index (χ0n) is 15.9. The molecule has 0 amide bonds. The minimum absolute atomic E-state index is 0.0262. The first-order chi connectivity index (χ1) is 13.7. The zero-order valence-corrected chi connectivity index (χ0v) is 15.9. The van der Waals surface area contributed by atoms with Crippen molar-refractivity contribution in [2.75, 3.05) is 13.1 Å². The third-order valence-corrected chi connectivity index (χ3v) is 5.73. The molecule has 1 saturated heterocycles. The van der Waals surface area contributed by atoms with Crippen LogP contribution in [-0.4, -0.2) is 34.9 Å². The maximum atomic E-state index is 13.7. The summed E-state index contributed by atoms with van der Waals surface area (Å²) >= 11 is 0. The number of halogens is 1. The van der Waals surface area contributed by atoms with Gasteiger partial charge in [-0.25, -0.2) is 4.39 Å². The number of allylic oxidation sites excluding steroid dienone is 2. The highest BCUT2D eigenvalue weighted by atomic mass is 19.1. The number of amidine groups is 1. The maximum absolute atomic E-state index is 13.7. The van der Waals surface area contributed by atoms with E-state index in [4.69, 9.17) is 4.99 Å². The molecule has 1 aliphatic carbocycles. The number of nitrogens with one attached hydrogen (secondary N) is 3. The van der Waals surface area contributed by atoms with E-state index in [2.05, 4.69) is 33.6 Å². The Kier molecular flexibility index (Phi) is 4.16. The van der Waals surface area contributed by atoms with E-state index in [1.165, 1.54) is 5.57 Å². The number of aromatic amines is 1. The average molecular weight is 377 g/mol. The lowest BCUT2D eigenvalue weighted by atomic mass is 9.88. The van der Waals surface area contributed by atoms with Crippen molar-refractivity contribution in [3.05, 3.63) is 59.7 Å². The predicted octanol–water partition coefficient (Wildman–Crippen LogP) is 3.73. The van der Waals surface area contributed by atoms with Crippen LogP contribution in [0.1, 0.15) is 37.4 Å². The SMILES string of the molecule is CCCNC1=NCCC(c2[nH]c3cccnc3c2C23C=CC(F)=CC2N3)=CC1. The van der Waals surface area contributed by atoms with E-state index in [0.717, 1.165) is 60.5 Å². The number of hydrogen-bond acceptors (Lipinski definition) is 4. The van der Waals surface area contributed by atoms with Crippen molar-refractivity contribution in [2.24, 2.45) is 4.99 Å². The van der Waals surface area contributed by atoms with E-state index in [-0.39, 0.29) is 17.4 Å². The molecule has 0 radical (unpaired) electrons. The fraction of sp³-hybridized carbons (Fsp3) is 0.364.